The van der Waals surface area contributed by atoms with E-state index >= 15 is 0 Å². The van der Waals surface area contributed by atoms with Crippen molar-refractivity contribution < 1.29 is 42.9 Å². The van der Waals surface area contributed by atoms with Crippen LogP contribution in [-0.2, 0) is 53.6 Å². The van der Waals surface area contributed by atoms with E-state index in [1.54, 1.807) is 0 Å². The Hall–Kier alpha value is -2.97. The zero-order chi connectivity index (χ0) is 28.1. The second-order valence-corrected chi connectivity index (χ2v) is 12.6. The third-order valence-electron chi connectivity index (χ3n) is 4.86. The van der Waals surface area contributed by atoms with E-state index in [0.717, 1.165) is 31.9 Å². The van der Waals surface area contributed by atoms with Crippen LogP contribution >= 0.6 is 0 Å². The van der Waals surface area contributed by atoms with E-state index in [2.05, 4.69) is 0 Å². The summed E-state index contributed by atoms with van der Waals surface area (Å²) in [5.41, 5.74) is 1.78. The molecule has 38 heavy (non-hydrogen) atoms. The van der Waals surface area contributed by atoms with E-state index < -0.39 is 81.8 Å². The molecule has 0 N–H and O–H groups in total. The number of hydrogen-bond donors (Lipinski definition) is 0. The first-order chi connectivity index (χ1) is 18.0. The van der Waals surface area contributed by atoms with Crippen molar-refractivity contribution in [2.75, 3.05) is 6.61 Å². The molecule has 0 aliphatic heterocycles. The summed E-state index contributed by atoms with van der Waals surface area (Å²) in [6.07, 6.45) is -2.94. The van der Waals surface area contributed by atoms with Gasteiger partial charge >= 0.3 is 235 Å². The normalized spacial score (nSPS) is 13.8. The van der Waals surface area contributed by atoms with Crippen LogP contribution in [0.3, 0.4) is 0 Å². The maximum absolute atomic E-state index is 14.1. The van der Waals surface area contributed by atoms with E-state index in [1.807, 2.05) is 60.7 Å². The first-order valence-corrected chi connectivity index (χ1v) is 15.7. The molecule has 0 radical (unpaired) electrons. The minimum atomic E-state index is -1.95. The summed E-state index contributed by atoms with van der Waals surface area (Å²) < 4.78 is 19.5. The number of ether oxygens (including phenoxy) is 4. The average molecular weight is 656 g/mol. The van der Waals surface area contributed by atoms with E-state index in [-0.39, 0.29) is 0 Å². The van der Waals surface area contributed by atoms with E-state index in [1.165, 1.54) is 6.92 Å². The SMILES string of the molecule is CC(=O)OC[C@H](OC(C)=O)[C@H](OC(C)=O)[C@](OC(C)=O)([Se]Cc1ccccc1)C(=O)[Se]Cc1ccccc1. The van der Waals surface area contributed by atoms with Crippen molar-refractivity contribution >= 4 is 58.5 Å². The minimum absolute atomic E-state index is 0.340. The molecule has 9 nitrogen and oxygen atoms in total. The molecule has 0 heterocycles. The molecule has 0 aliphatic rings. The fraction of sp³-hybridized carbons (Fsp3) is 0.370. The van der Waals surface area contributed by atoms with Gasteiger partial charge in [0, 0.05) is 0 Å². The van der Waals surface area contributed by atoms with Gasteiger partial charge in [-0.15, -0.1) is 0 Å². The fourth-order valence-electron chi connectivity index (χ4n) is 3.36. The van der Waals surface area contributed by atoms with Gasteiger partial charge in [0.15, 0.2) is 0 Å². The molecule has 0 saturated heterocycles. The Morgan fingerprint density at radius 3 is 1.71 bits per heavy atom. The third-order valence-corrected chi connectivity index (χ3v) is 10.7. The van der Waals surface area contributed by atoms with E-state index in [4.69, 9.17) is 18.9 Å². The molecule has 2 rings (SSSR count). The van der Waals surface area contributed by atoms with Crippen LogP contribution in [0, 0.1) is 0 Å². The molecule has 0 fully saturated rings. The van der Waals surface area contributed by atoms with Crippen molar-refractivity contribution in [3.05, 3.63) is 71.8 Å². The van der Waals surface area contributed by atoms with Gasteiger partial charge in [0.2, 0.25) is 0 Å². The second kappa shape index (κ2) is 15.4. The zero-order valence-electron chi connectivity index (χ0n) is 21.5. The van der Waals surface area contributed by atoms with Crippen LogP contribution in [0.4, 0.5) is 0 Å². The summed E-state index contributed by atoms with van der Waals surface area (Å²) in [6, 6.07) is 18.6. The van der Waals surface area contributed by atoms with Gasteiger partial charge in [0.05, 0.1) is 0 Å². The molecular formula is C27H30O9Se2. The Kier molecular flexibility index (Phi) is 12.7. The summed E-state index contributed by atoms with van der Waals surface area (Å²) >= 11 is -1.58. The first-order valence-electron chi connectivity index (χ1n) is 11.6. The van der Waals surface area contributed by atoms with Crippen molar-refractivity contribution in [1.82, 2.24) is 0 Å². The molecule has 0 saturated carbocycles. The Labute approximate surface area is 234 Å². The van der Waals surface area contributed by atoms with Crippen LogP contribution in [0.1, 0.15) is 38.8 Å². The molecule has 11 heteroatoms. The Morgan fingerprint density at radius 1 is 0.711 bits per heavy atom. The van der Waals surface area contributed by atoms with Crippen molar-refractivity contribution in [3.63, 3.8) is 0 Å². The summed E-state index contributed by atoms with van der Waals surface area (Å²) in [7, 11) is 0. The number of carbonyl (C=O) groups is 5. The van der Waals surface area contributed by atoms with Gasteiger partial charge in [-0.25, -0.2) is 0 Å². The van der Waals surface area contributed by atoms with Gasteiger partial charge in [-0.05, 0) is 0 Å². The monoisotopic (exact) mass is 658 g/mol. The van der Waals surface area contributed by atoms with Gasteiger partial charge < -0.3 is 0 Å². The molecule has 0 unspecified atom stereocenters. The quantitative estimate of drug-likeness (QED) is 0.171. The maximum atomic E-state index is 14.1. The van der Waals surface area contributed by atoms with Gasteiger partial charge in [-0.1, -0.05) is 0 Å². The van der Waals surface area contributed by atoms with Crippen LogP contribution < -0.4 is 0 Å². The first kappa shape index (κ1) is 31.2. The summed E-state index contributed by atoms with van der Waals surface area (Å²) in [5, 5.41) is 0.735. The number of carbonyl (C=O) groups excluding carboxylic acids is 5. The van der Waals surface area contributed by atoms with Gasteiger partial charge in [-0.3, -0.25) is 0 Å². The Morgan fingerprint density at radius 2 is 1.24 bits per heavy atom. The number of rotatable bonds is 14. The van der Waals surface area contributed by atoms with Gasteiger partial charge in [0.25, 0.3) is 0 Å². The van der Waals surface area contributed by atoms with Crippen molar-refractivity contribution in [3.8, 4) is 0 Å². The molecule has 0 aromatic heterocycles. The number of esters is 4. The van der Waals surface area contributed by atoms with Crippen LogP contribution in [0.15, 0.2) is 60.7 Å². The van der Waals surface area contributed by atoms with Gasteiger partial charge in [-0.2, -0.15) is 0 Å². The molecule has 0 aliphatic carbocycles. The molecular weight excluding hydrogens is 626 g/mol. The molecule has 0 spiro atoms. The van der Waals surface area contributed by atoms with Crippen molar-refractivity contribution in [2.45, 2.75) is 55.0 Å². The van der Waals surface area contributed by atoms with Crippen LogP contribution in [0.25, 0.3) is 0 Å². The standard InChI is InChI=1S/C27H30O9Se2/c1-18(28)33-15-24(34-19(2)29)25(35-20(3)30)27(36-21(4)31,38-17-23-13-9-6-10-14-23)26(32)37-16-22-11-7-5-8-12-22/h5-14,24-25H,15-17H2,1-4H3/t24-,25-,27-/m0/s1. The molecule has 204 valence electrons. The summed E-state index contributed by atoms with van der Waals surface area (Å²) in [4.78, 5) is 62.4. The number of benzene rings is 2. The topological polar surface area (TPSA) is 122 Å². The average Bonchev–Trinajstić information content (AvgIpc) is 2.87. The molecule has 2 aromatic rings. The Balaban J connectivity index is 2.61. The molecule has 0 bridgehead atoms. The van der Waals surface area contributed by atoms with Crippen LogP contribution in [0.2, 0.25) is 0 Å². The summed E-state index contributed by atoms with van der Waals surface area (Å²) in [6.45, 7) is 4.08. The molecule has 0 amide bonds. The second-order valence-electron chi connectivity index (χ2n) is 8.08. The predicted molar refractivity (Wildman–Crippen MR) is 139 cm³/mol. The van der Waals surface area contributed by atoms with Crippen molar-refractivity contribution in [1.29, 1.82) is 0 Å². The fourth-order valence-corrected chi connectivity index (χ4v) is 9.01. The predicted octanol–water partition coefficient (Wildman–Crippen LogP) is 2.01. The Bertz CT molecular complexity index is 1110. The third kappa shape index (κ3) is 10.1. The molecule has 2 aromatic carbocycles. The van der Waals surface area contributed by atoms with Crippen LogP contribution in [0.5, 0.6) is 0 Å². The van der Waals surface area contributed by atoms with Gasteiger partial charge in [0.1, 0.15) is 0 Å². The zero-order valence-corrected chi connectivity index (χ0v) is 25.0. The van der Waals surface area contributed by atoms with E-state index in [9.17, 15) is 24.0 Å². The molecule has 3 atom stereocenters. The number of hydrogen-bond acceptors (Lipinski definition) is 9. The van der Waals surface area contributed by atoms with Crippen LogP contribution in [-0.4, -0.2) is 81.8 Å². The van der Waals surface area contributed by atoms with Crippen molar-refractivity contribution in [2.24, 2.45) is 0 Å². The summed E-state index contributed by atoms with van der Waals surface area (Å²) in [5.74, 6) is -2.98. The van der Waals surface area contributed by atoms with E-state index in [0.29, 0.717) is 10.6 Å².